The molecular formula is C19H25Cl2N5O5. The van der Waals surface area contributed by atoms with E-state index in [1.807, 2.05) is 0 Å². The van der Waals surface area contributed by atoms with Gasteiger partial charge in [-0.25, -0.2) is 4.79 Å². The normalized spacial score (nSPS) is 13.4. The van der Waals surface area contributed by atoms with Gasteiger partial charge < -0.3 is 21.9 Å². The van der Waals surface area contributed by atoms with Crippen molar-refractivity contribution in [2.45, 2.75) is 45.2 Å². The number of nitrogens with two attached hydrogens (primary N) is 2. The molecule has 10 nitrogen and oxygen atoms in total. The van der Waals surface area contributed by atoms with Crippen molar-refractivity contribution in [1.29, 1.82) is 0 Å². The Morgan fingerprint density at radius 1 is 1.16 bits per heavy atom. The molecule has 0 fully saturated rings. The third-order valence-corrected chi connectivity index (χ3v) is 4.90. The van der Waals surface area contributed by atoms with Gasteiger partial charge >= 0.3 is 5.97 Å². The van der Waals surface area contributed by atoms with Crippen molar-refractivity contribution in [3.8, 4) is 0 Å². The summed E-state index contributed by atoms with van der Waals surface area (Å²) in [6.45, 7) is 3.43. The van der Waals surface area contributed by atoms with Gasteiger partial charge in [0.1, 0.15) is 6.04 Å². The lowest BCUT2D eigenvalue weighted by Gasteiger charge is -2.19. The highest BCUT2D eigenvalue weighted by molar-refractivity contribution is 6.36. The molecule has 0 aliphatic carbocycles. The van der Waals surface area contributed by atoms with Crippen LogP contribution < -0.4 is 22.1 Å². The monoisotopic (exact) mass is 473 g/mol. The first-order valence-electron chi connectivity index (χ1n) is 9.30. The fourth-order valence-corrected chi connectivity index (χ4v) is 2.89. The highest BCUT2D eigenvalue weighted by atomic mass is 35.5. The Balaban J connectivity index is 2.62. The topological polar surface area (TPSA) is 177 Å². The fraction of sp³-hybridized carbons (Fsp3) is 0.421. The standard InChI is InChI=1S/C19H25Cl2N5O5/c1-9(2)16(22)17(29)24-13(18(30)31)6-7-14(27)25-19(23)26-15(28)8-10-11(20)4-3-5-12(10)21/h3-5,9,13,16H,6-8,22H2,1-2H3,(H,24,29)(H,30,31)(H3,23,25,26,27,28). The van der Waals surface area contributed by atoms with Gasteiger partial charge in [-0.3, -0.25) is 19.7 Å². The van der Waals surface area contributed by atoms with Crippen LogP contribution in [-0.4, -0.2) is 46.8 Å². The zero-order valence-electron chi connectivity index (χ0n) is 17.0. The molecule has 0 aromatic heterocycles. The van der Waals surface area contributed by atoms with Crippen molar-refractivity contribution < 1.29 is 24.3 Å². The molecule has 0 saturated carbocycles. The maximum Gasteiger partial charge on any atom is 0.326 e. The lowest BCUT2D eigenvalue weighted by molar-refractivity contribution is -0.142. The number of hydrogen-bond acceptors (Lipinski definition) is 5. The lowest BCUT2D eigenvalue weighted by atomic mass is 10.0. The molecule has 0 spiro atoms. The Morgan fingerprint density at radius 3 is 2.26 bits per heavy atom. The van der Waals surface area contributed by atoms with Crippen LogP contribution in [0.15, 0.2) is 23.2 Å². The molecule has 1 rings (SSSR count). The summed E-state index contributed by atoms with van der Waals surface area (Å²) >= 11 is 12.0. The van der Waals surface area contributed by atoms with Gasteiger partial charge in [0, 0.05) is 16.5 Å². The van der Waals surface area contributed by atoms with Crippen LogP contribution in [-0.2, 0) is 25.6 Å². The average Bonchev–Trinajstić information content (AvgIpc) is 2.66. The summed E-state index contributed by atoms with van der Waals surface area (Å²) in [4.78, 5) is 50.8. The Hall–Kier alpha value is -2.69. The number of hydrogen-bond donors (Lipinski definition) is 5. The van der Waals surface area contributed by atoms with Crippen LogP contribution in [0.3, 0.4) is 0 Å². The summed E-state index contributed by atoms with van der Waals surface area (Å²) in [7, 11) is 0. The second-order valence-electron chi connectivity index (χ2n) is 7.02. The smallest absolute Gasteiger partial charge is 0.326 e. The molecule has 7 N–H and O–H groups in total. The van der Waals surface area contributed by atoms with Crippen LogP contribution in [0.4, 0.5) is 0 Å². The Kier molecular flexibility index (Phi) is 10.4. The summed E-state index contributed by atoms with van der Waals surface area (Å²) in [5.41, 5.74) is 11.6. The van der Waals surface area contributed by atoms with E-state index in [0.29, 0.717) is 15.6 Å². The Bertz CT molecular complexity index is 855. The molecule has 31 heavy (non-hydrogen) atoms. The van der Waals surface area contributed by atoms with Gasteiger partial charge in [-0.1, -0.05) is 43.1 Å². The molecule has 1 aromatic rings. The van der Waals surface area contributed by atoms with Gasteiger partial charge in [0.2, 0.25) is 23.7 Å². The van der Waals surface area contributed by atoms with Crippen molar-refractivity contribution in [3.05, 3.63) is 33.8 Å². The van der Waals surface area contributed by atoms with Crippen molar-refractivity contribution in [2.24, 2.45) is 22.4 Å². The molecule has 1 aromatic carbocycles. The number of nitrogens with one attached hydrogen (secondary N) is 2. The maximum absolute atomic E-state index is 12.1. The molecule has 2 unspecified atom stereocenters. The zero-order valence-corrected chi connectivity index (χ0v) is 18.5. The molecule has 0 aliphatic heterocycles. The minimum atomic E-state index is -1.32. The number of aliphatic imine (C=N–C) groups is 1. The van der Waals surface area contributed by atoms with E-state index in [1.165, 1.54) is 0 Å². The molecule has 3 amide bonds. The fourth-order valence-electron chi connectivity index (χ4n) is 2.36. The number of guanidine groups is 1. The van der Waals surface area contributed by atoms with E-state index in [2.05, 4.69) is 15.6 Å². The third kappa shape index (κ3) is 8.91. The number of rotatable bonds is 9. The van der Waals surface area contributed by atoms with Crippen LogP contribution in [0, 0.1) is 5.92 Å². The minimum Gasteiger partial charge on any atom is -0.480 e. The molecule has 0 aliphatic rings. The van der Waals surface area contributed by atoms with E-state index in [-0.39, 0.29) is 25.2 Å². The molecule has 170 valence electrons. The van der Waals surface area contributed by atoms with Crippen molar-refractivity contribution in [1.82, 2.24) is 10.6 Å². The van der Waals surface area contributed by atoms with Gasteiger partial charge in [-0.05, 0) is 30.0 Å². The summed E-state index contributed by atoms with van der Waals surface area (Å²) < 4.78 is 0. The van der Waals surface area contributed by atoms with E-state index in [9.17, 15) is 24.3 Å². The van der Waals surface area contributed by atoms with Gasteiger partial charge in [-0.15, -0.1) is 0 Å². The van der Waals surface area contributed by atoms with E-state index in [0.717, 1.165) is 0 Å². The molecule has 0 bridgehead atoms. The number of nitrogens with zero attached hydrogens (tertiary/aromatic N) is 1. The number of aliphatic carboxylic acids is 1. The molecule has 12 heteroatoms. The third-order valence-electron chi connectivity index (χ3n) is 4.19. The molecule has 0 saturated heterocycles. The van der Waals surface area contributed by atoms with Crippen LogP contribution in [0.2, 0.25) is 10.0 Å². The quantitative estimate of drug-likeness (QED) is 0.260. The first-order chi connectivity index (χ1) is 14.4. The largest absolute Gasteiger partial charge is 0.480 e. The van der Waals surface area contributed by atoms with Gasteiger partial charge in [0.15, 0.2) is 0 Å². The first-order valence-corrected chi connectivity index (χ1v) is 10.1. The number of halogens is 2. The number of amides is 3. The number of carbonyl (C=O) groups is 4. The Morgan fingerprint density at radius 2 is 1.74 bits per heavy atom. The number of carboxylic acids is 1. The lowest BCUT2D eigenvalue weighted by Crippen LogP contribution is -2.50. The average molecular weight is 474 g/mol. The van der Waals surface area contributed by atoms with Gasteiger partial charge in [-0.2, -0.15) is 4.99 Å². The minimum absolute atomic E-state index is 0.188. The van der Waals surface area contributed by atoms with Crippen molar-refractivity contribution in [2.75, 3.05) is 0 Å². The predicted molar refractivity (Wildman–Crippen MR) is 117 cm³/mol. The number of benzene rings is 1. The van der Waals surface area contributed by atoms with Crippen LogP contribution in [0.25, 0.3) is 0 Å². The van der Waals surface area contributed by atoms with E-state index < -0.39 is 41.7 Å². The highest BCUT2D eigenvalue weighted by Crippen LogP contribution is 2.24. The maximum atomic E-state index is 12.1. The summed E-state index contributed by atoms with van der Waals surface area (Å²) in [5, 5.41) is 14.4. The van der Waals surface area contributed by atoms with E-state index in [4.69, 9.17) is 34.7 Å². The van der Waals surface area contributed by atoms with Gasteiger partial charge in [0.05, 0.1) is 12.5 Å². The highest BCUT2D eigenvalue weighted by Gasteiger charge is 2.25. The van der Waals surface area contributed by atoms with Crippen LogP contribution in [0.5, 0.6) is 0 Å². The molecule has 0 radical (unpaired) electrons. The number of carbonyl (C=O) groups excluding carboxylic acids is 3. The van der Waals surface area contributed by atoms with Crippen molar-refractivity contribution >= 4 is 52.9 Å². The second kappa shape index (κ2) is 12.2. The predicted octanol–water partition coefficient (Wildman–Crippen LogP) is 0.826. The Labute approximate surface area is 189 Å². The van der Waals surface area contributed by atoms with Crippen molar-refractivity contribution in [3.63, 3.8) is 0 Å². The van der Waals surface area contributed by atoms with Crippen LogP contribution in [0.1, 0.15) is 32.3 Å². The van der Waals surface area contributed by atoms with Gasteiger partial charge in [0.25, 0.3) is 0 Å². The second-order valence-corrected chi connectivity index (χ2v) is 7.84. The van der Waals surface area contributed by atoms with E-state index in [1.54, 1.807) is 32.0 Å². The van der Waals surface area contributed by atoms with E-state index >= 15 is 0 Å². The molecule has 0 heterocycles. The first kappa shape index (κ1) is 26.3. The summed E-state index contributed by atoms with van der Waals surface area (Å²) in [6, 6.07) is 2.57. The van der Waals surface area contributed by atoms with Crippen LogP contribution >= 0.6 is 23.2 Å². The zero-order chi connectivity index (χ0) is 23.7. The summed E-state index contributed by atoms with van der Waals surface area (Å²) in [5.74, 6) is -3.98. The molecular weight excluding hydrogens is 449 g/mol. The number of carboxylic acid groups (broad SMARTS) is 1. The molecule has 2 atom stereocenters. The summed E-state index contributed by atoms with van der Waals surface area (Å²) in [6.07, 6.45) is -0.752. The SMILES string of the molecule is CC(C)C(N)C(=O)NC(CCC(=O)N=C(N)NC(=O)Cc1c(Cl)cccc1Cl)C(=O)O.